The maximum Gasteiger partial charge on any atom is 0.255 e. The van der Waals surface area contributed by atoms with Gasteiger partial charge in [0.25, 0.3) is 11.8 Å². The average Bonchev–Trinajstić information content (AvgIpc) is 3.64. The highest BCUT2D eigenvalue weighted by atomic mass is 16.5. The fraction of sp³-hybridized carbons (Fsp3) is 0.250. The van der Waals surface area contributed by atoms with Crippen LogP contribution >= 0.6 is 0 Å². The fourth-order valence-electron chi connectivity index (χ4n) is 6.01. The summed E-state index contributed by atoms with van der Waals surface area (Å²) in [6.45, 7) is 8.83. The van der Waals surface area contributed by atoms with Crippen molar-refractivity contribution in [2.75, 3.05) is 44.7 Å². The second-order valence-corrected chi connectivity index (χ2v) is 11.8. The Morgan fingerprint density at radius 2 is 1.70 bits per heavy atom. The van der Waals surface area contributed by atoms with E-state index >= 15 is 0 Å². The molecule has 6 aromatic rings. The zero-order valence-corrected chi connectivity index (χ0v) is 26.4. The lowest BCUT2D eigenvalue weighted by atomic mass is 10.1. The van der Waals surface area contributed by atoms with E-state index in [0.29, 0.717) is 23.4 Å². The second kappa shape index (κ2) is 13.1. The summed E-state index contributed by atoms with van der Waals surface area (Å²) in [4.78, 5) is 45.3. The Morgan fingerprint density at radius 1 is 0.872 bits per heavy atom. The van der Waals surface area contributed by atoms with E-state index in [9.17, 15) is 9.59 Å². The fourth-order valence-corrected chi connectivity index (χ4v) is 6.01. The van der Waals surface area contributed by atoms with Crippen LogP contribution < -0.4 is 10.6 Å². The van der Waals surface area contributed by atoms with Gasteiger partial charge in [-0.05, 0) is 93.0 Å². The first-order valence-electron chi connectivity index (χ1n) is 15.8. The van der Waals surface area contributed by atoms with Gasteiger partial charge in [-0.15, -0.1) is 0 Å². The van der Waals surface area contributed by atoms with Gasteiger partial charge >= 0.3 is 0 Å². The minimum absolute atomic E-state index is 0.101. The largest absolute Gasteiger partial charge is 0.379 e. The highest BCUT2D eigenvalue weighted by Crippen LogP contribution is 2.26. The summed E-state index contributed by atoms with van der Waals surface area (Å²) in [5, 5.41) is 6.04. The molecule has 7 rings (SSSR count). The summed E-state index contributed by atoms with van der Waals surface area (Å²) in [6.07, 6.45) is 2.71. The highest BCUT2D eigenvalue weighted by molar-refractivity contribution is 6.06. The van der Waals surface area contributed by atoms with Crippen LogP contribution in [0.2, 0.25) is 0 Å². The van der Waals surface area contributed by atoms with Crippen LogP contribution in [0.15, 0.2) is 79.0 Å². The van der Waals surface area contributed by atoms with Crippen molar-refractivity contribution in [3.8, 4) is 16.9 Å². The molecule has 1 aliphatic rings. The zero-order chi connectivity index (χ0) is 32.3. The van der Waals surface area contributed by atoms with Crippen LogP contribution in [-0.4, -0.2) is 80.6 Å². The third-order valence-corrected chi connectivity index (χ3v) is 8.42. The lowest BCUT2D eigenvalue weighted by molar-refractivity contribution is 0.0374. The van der Waals surface area contributed by atoms with E-state index in [2.05, 4.69) is 25.5 Å². The van der Waals surface area contributed by atoms with Crippen LogP contribution in [-0.2, 0) is 4.74 Å². The number of aromatic nitrogens is 5. The maximum absolute atomic E-state index is 13.0. The van der Waals surface area contributed by atoms with Crippen LogP contribution in [0.3, 0.4) is 0 Å². The number of benzene rings is 3. The molecule has 1 fully saturated rings. The smallest absolute Gasteiger partial charge is 0.255 e. The average molecular weight is 629 g/mol. The van der Waals surface area contributed by atoms with E-state index in [1.807, 2.05) is 91.3 Å². The number of hydrogen-bond donors (Lipinski definition) is 3. The molecular weight excluding hydrogens is 592 g/mol. The summed E-state index contributed by atoms with van der Waals surface area (Å²) >= 11 is 0. The summed E-state index contributed by atoms with van der Waals surface area (Å²) in [5.74, 6) is 2.01. The summed E-state index contributed by atoms with van der Waals surface area (Å²) < 4.78 is 7.38. The molecule has 1 saturated heterocycles. The van der Waals surface area contributed by atoms with Gasteiger partial charge in [-0.1, -0.05) is 12.1 Å². The van der Waals surface area contributed by atoms with E-state index in [0.717, 1.165) is 89.9 Å². The number of nitrogens with one attached hydrogen (secondary N) is 3. The van der Waals surface area contributed by atoms with E-state index in [-0.39, 0.29) is 11.8 Å². The number of H-pyrrole nitrogens is 1. The second-order valence-electron chi connectivity index (χ2n) is 11.8. The van der Waals surface area contributed by atoms with Gasteiger partial charge in [0.2, 0.25) is 0 Å². The van der Waals surface area contributed by atoms with Gasteiger partial charge in [0.05, 0.1) is 35.3 Å². The quantitative estimate of drug-likeness (QED) is 0.186. The van der Waals surface area contributed by atoms with Gasteiger partial charge in [0.1, 0.15) is 17.5 Å². The first kappa shape index (κ1) is 30.3. The topological polar surface area (TPSA) is 130 Å². The standard InChI is InChI=1S/C36H36N8O3/c1-23-39-30-10-7-27(20-31(30)40-23)36(46)42-29-6-3-5-25(19-29)28-9-12-34(38-22-28)44-24(2)41-32-21-26(8-11-33(32)44)35(45)37-13-4-14-43-15-17-47-18-16-43/h3,5-12,19-22H,4,13-18H2,1-2H3,(H,37,45)(H,39,40)(H,42,46). The molecule has 0 saturated carbocycles. The number of rotatable bonds is 9. The van der Waals surface area contributed by atoms with Crippen molar-refractivity contribution in [1.82, 2.24) is 34.7 Å². The maximum atomic E-state index is 13.0. The Hall–Kier alpha value is -5.39. The Labute approximate surface area is 272 Å². The number of hydrogen-bond acceptors (Lipinski definition) is 7. The highest BCUT2D eigenvalue weighted by Gasteiger charge is 2.15. The number of nitrogens with zero attached hydrogens (tertiary/aromatic N) is 5. The van der Waals surface area contributed by atoms with Crippen molar-refractivity contribution in [3.63, 3.8) is 0 Å². The predicted octanol–water partition coefficient (Wildman–Crippen LogP) is 5.29. The molecule has 0 aliphatic carbocycles. The Bertz CT molecular complexity index is 2080. The van der Waals surface area contributed by atoms with Crippen LogP contribution in [0.1, 0.15) is 38.8 Å². The van der Waals surface area contributed by atoms with Gasteiger partial charge in [-0.25, -0.2) is 15.0 Å². The predicted molar refractivity (Wildman–Crippen MR) is 182 cm³/mol. The first-order chi connectivity index (χ1) is 22.9. The Balaban J connectivity index is 1.02. The number of fused-ring (bicyclic) bond motifs is 2. The summed E-state index contributed by atoms with van der Waals surface area (Å²) in [6, 6.07) is 22.7. The number of ether oxygens (including phenoxy) is 1. The van der Waals surface area contributed by atoms with Crippen molar-refractivity contribution in [1.29, 1.82) is 0 Å². The van der Waals surface area contributed by atoms with Crippen LogP contribution in [0.5, 0.6) is 0 Å². The number of aromatic amines is 1. The molecule has 11 nitrogen and oxygen atoms in total. The molecule has 0 spiro atoms. The molecule has 11 heteroatoms. The molecule has 238 valence electrons. The lowest BCUT2D eigenvalue weighted by Crippen LogP contribution is -2.38. The third-order valence-electron chi connectivity index (χ3n) is 8.42. The van der Waals surface area contributed by atoms with Crippen LogP contribution in [0.4, 0.5) is 5.69 Å². The number of aryl methyl sites for hydroxylation is 2. The monoisotopic (exact) mass is 628 g/mol. The molecule has 0 atom stereocenters. The van der Waals surface area contributed by atoms with E-state index in [1.54, 1.807) is 6.07 Å². The molecular formula is C36H36N8O3. The van der Waals surface area contributed by atoms with Gasteiger partial charge in [0, 0.05) is 48.2 Å². The Kier molecular flexibility index (Phi) is 8.47. The number of anilines is 1. The molecule has 0 bridgehead atoms. The van der Waals surface area contributed by atoms with Crippen molar-refractivity contribution in [2.24, 2.45) is 0 Å². The van der Waals surface area contributed by atoms with Gasteiger partial charge in [-0.3, -0.25) is 19.1 Å². The molecule has 4 heterocycles. The molecule has 3 N–H and O–H groups in total. The lowest BCUT2D eigenvalue weighted by Gasteiger charge is -2.26. The number of carbonyl (C=O) groups excluding carboxylic acids is 2. The van der Waals surface area contributed by atoms with E-state index in [4.69, 9.17) is 14.7 Å². The minimum Gasteiger partial charge on any atom is -0.379 e. The summed E-state index contributed by atoms with van der Waals surface area (Å²) in [5.41, 5.74) is 6.92. The number of amides is 2. The molecule has 0 radical (unpaired) electrons. The van der Waals surface area contributed by atoms with Crippen LogP contribution in [0, 0.1) is 13.8 Å². The SMILES string of the molecule is Cc1nc2ccc(C(=O)Nc3cccc(-c4ccc(-n5c(C)nc6cc(C(=O)NCCCN7CCOCC7)ccc65)nc4)c3)cc2[nH]1. The first-order valence-corrected chi connectivity index (χ1v) is 15.8. The molecule has 0 unspecified atom stereocenters. The van der Waals surface area contributed by atoms with E-state index < -0.39 is 0 Å². The Morgan fingerprint density at radius 3 is 2.53 bits per heavy atom. The molecule has 2 amide bonds. The van der Waals surface area contributed by atoms with E-state index in [1.165, 1.54) is 0 Å². The normalized spacial score (nSPS) is 13.7. The molecule has 3 aromatic heterocycles. The van der Waals surface area contributed by atoms with Crippen LogP contribution in [0.25, 0.3) is 39.0 Å². The van der Waals surface area contributed by atoms with Crippen molar-refractivity contribution < 1.29 is 14.3 Å². The van der Waals surface area contributed by atoms with Crippen molar-refractivity contribution >= 4 is 39.6 Å². The van der Waals surface area contributed by atoms with Gasteiger partial charge in [0.15, 0.2) is 0 Å². The molecule has 47 heavy (non-hydrogen) atoms. The molecule has 3 aromatic carbocycles. The zero-order valence-electron chi connectivity index (χ0n) is 26.4. The minimum atomic E-state index is -0.198. The van der Waals surface area contributed by atoms with Crippen molar-refractivity contribution in [2.45, 2.75) is 20.3 Å². The van der Waals surface area contributed by atoms with Gasteiger partial charge < -0.3 is 20.4 Å². The third kappa shape index (κ3) is 6.62. The van der Waals surface area contributed by atoms with Crippen molar-refractivity contribution in [3.05, 3.63) is 102 Å². The molecule has 1 aliphatic heterocycles. The summed E-state index contributed by atoms with van der Waals surface area (Å²) in [7, 11) is 0. The number of imidazole rings is 2. The number of morpholine rings is 1. The number of pyridine rings is 1. The number of carbonyl (C=O) groups is 2. The van der Waals surface area contributed by atoms with Gasteiger partial charge in [-0.2, -0.15) is 0 Å².